The van der Waals surface area contributed by atoms with Crippen molar-refractivity contribution < 1.29 is 14.7 Å². The summed E-state index contributed by atoms with van der Waals surface area (Å²) in [4.78, 5) is 25.6. The number of piperidine rings is 1. The van der Waals surface area contributed by atoms with Crippen LogP contribution >= 0.6 is 11.6 Å². The largest absolute Gasteiger partial charge is 0.465 e. The second kappa shape index (κ2) is 9.88. The molecular formula is C26H25ClN2O3. The molecule has 0 bridgehead atoms. The van der Waals surface area contributed by atoms with Crippen molar-refractivity contribution in [3.8, 4) is 22.3 Å². The van der Waals surface area contributed by atoms with Crippen molar-refractivity contribution in [2.75, 3.05) is 19.6 Å². The summed E-state index contributed by atoms with van der Waals surface area (Å²) in [7, 11) is 0. The van der Waals surface area contributed by atoms with Gasteiger partial charge < -0.3 is 15.3 Å². The minimum absolute atomic E-state index is 0.0199. The summed E-state index contributed by atoms with van der Waals surface area (Å²) in [5, 5.41) is 11.8. The molecule has 0 saturated carbocycles. The summed E-state index contributed by atoms with van der Waals surface area (Å²) in [6.07, 6.45) is 0.565. The molecule has 0 atom stereocenters. The molecule has 0 spiro atoms. The van der Waals surface area contributed by atoms with E-state index in [1.807, 2.05) is 41.3 Å². The standard InChI is InChI=1S/C26H25ClN2O3/c27-24-11-10-22(25(30)29-14-12-18(13-15-29)17-28-26(31)32)16-23(24)21-8-6-20(7-9-21)19-4-2-1-3-5-19/h1-11,16,18,28H,12-15,17H2,(H,31,32). The number of nitrogens with one attached hydrogen (secondary N) is 1. The monoisotopic (exact) mass is 448 g/mol. The molecular weight excluding hydrogens is 424 g/mol. The average Bonchev–Trinajstić information content (AvgIpc) is 2.83. The number of likely N-dealkylation sites (tertiary alicyclic amines) is 1. The van der Waals surface area contributed by atoms with Gasteiger partial charge in [-0.2, -0.15) is 0 Å². The third-order valence-corrected chi connectivity index (χ3v) is 6.29. The van der Waals surface area contributed by atoms with Gasteiger partial charge in [-0.05, 0) is 53.6 Å². The smallest absolute Gasteiger partial charge is 0.404 e. The van der Waals surface area contributed by atoms with Gasteiger partial charge in [-0.25, -0.2) is 4.79 Å². The number of carbonyl (C=O) groups is 2. The van der Waals surface area contributed by atoms with Crippen LogP contribution in [0, 0.1) is 5.92 Å². The number of nitrogens with zero attached hydrogens (tertiary/aromatic N) is 1. The fourth-order valence-corrected chi connectivity index (χ4v) is 4.33. The quantitative estimate of drug-likeness (QED) is 0.518. The molecule has 0 aromatic heterocycles. The number of amides is 2. The summed E-state index contributed by atoms with van der Waals surface area (Å²) in [5.41, 5.74) is 4.67. The van der Waals surface area contributed by atoms with E-state index in [-0.39, 0.29) is 11.8 Å². The Bertz CT molecular complexity index is 1090. The Morgan fingerprint density at radius 2 is 1.53 bits per heavy atom. The first-order valence-electron chi connectivity index (χ1n) is 10.7. The zero-order chi connectivity index (χ0) is 22.5. The normalized spacial score (nSPS) is 14.2. The third kappa shape index (κ3) is 5.11. The SMILES string of the molecule is O=C(O)NCC1CCN(C(=O)c2ccc(Cl)c(-c3ccc(-c4ccccc4)cc3)c2)CC1. The van der Waals surface area contributed by atoms with E-state index < -0.39 is 6.09 Å². The molecule has 6 heteroatoms. The lowest BCUT2D eigenvalue weighted by atomic mass is 9.95. The van der Waals surface area contributed by atoms with Gasteiger partial charge in [0.15, 0.2) is 0 Å². The highest BCUT2D eigenvalue weighted by atomic mass is 35.5. The molecule has 0 aliphatic carbocycles. The van der Waals surface area contributed by atoms with Crippen LogP contribution in [-0.2, 0) is 0 Å². The maximum atomic E-state index is 13.1. The minimum Gasteiger partial charge on any atom is -0.465 e. The summed E-state index contributed by atoms with van der Waals surface area (Å²) in [6, 6.07) is 23.7. The lowest BCUT2D eigenvalue weighted by Crippen LogP contribution is -2.41. The maximum absolute atomic E-state index is 13.1. The van der Waals surface area contributed by atoms with E-state index in [9.17, 15) is 9.59 Å². The lowest BCUT2D eigenvalue weighted by molar-refractivity contribution is 0.0689. The van der Waals surface area contributed by atoms with Gasteiger partial charge in [-0.3, -0.25) is 4.79 Å². The van der Waals surface area contributed by atoms with Crippen molar-refractivity contribution >= 4 is 23.6 Å². The van der Waals surface area contributed by atoms with Crippen LogP contribution in [0.3, 0.4) is 0 Å². The van der Waals surface area contributed by atoms with E-state index in [0.29, 0.717) is 30.2 Å². The molecule has 2 N–H and O–H groups in total. The second-order valence-electron chi connectivity index (χ2n) is 8.06. The van der Waals surface area contributed by atoms with Crippen molar-refractivity contribution in [1.82, 2.24) is 10.2 Å². The minimum atomic E-state index is -1.01. The Balaban J connectivity index is 1.47. The number of carboxylic acid groups (broad SMARTS) is 1. The molecule has 1 saturated heterocycles. The van der Waals surface area contributed by atoms with E-state index in [4.69, 9.17) is 16.7 Å². The van der Waals surface area contributed by atoms with Gasteiger partial charge in [0.25, 0.3) is 5.91 Å². The molecule has 32 heavy (non-hydrogen) atoms. The van der Waals surface area contributed by atoms with Gasteiger partial charge in [-0.1, -0.05) is 66.2 Å². The van der Waals surface area contributed by atoms with Crippen LogP contribution in [0.5, 0.6) is 0 Å². The Kier molecular flexibility index (Phi) is 6.76. The van der Waals surface area contributed by atoms with Gasteiger partial charge in [0.2, 0.25) is 0 Å². The van der Waals surface area contributed by atoms with Crippen LogP contribution in [0.1, 0.15) is 23.2 Å². The number of hydrogen-bond donors (Lipinski definition) is 2. The lowest BCUT2D eigenvalue weighted by Gasteiger charge is -2.32. The Hall–Kier alpha value is -3.31. The van der Waals surface area contributed by atoms with Gasteiger partial charge in [-0.15, -0.1) is 0 Å². The van der Waals surface area contributed by atoms with E-state index in [2.05, 4.69) is 29.6 Å². The molecule has 1 aliphatic heterocycles. The van der Waals surface area contributed by atoms with E-state index >= 15 is 0 Å². The maximum Gasteiger partial charge on any atom is 0.404 e. The first-order chi connectivity index (χ1) is 15.5. The zero-order valence-corrected chi connectivity index (χ0v) is 18.4. The highest BCUT2D eigenvalue weighted by molar-refractivity contribution is 6.33. The average molecular weight is 449 g/mol. The van der Waals surface area contributed by atoms with E-state index in [0.717, 1.165) is 35.1 Å². The van der Waals surface area contributed by atoms with Crippen molar-refractivity contribution in [3.63, 3.8) is 0 Å². The molecule has 0 radical (unpaired) electrons. The summed E-state index contributed by atoms with van der Waals surface area (Å²) < 4.78 is 0. The molecule has 4 rings (SSSR count). The van der Waals surface area contributed by atoms with Crippen LogP contribution in [0.15, 0.2) is 72.8 Å². The van der Waals surface area contributed by atoms with Crippen LogP contribution in [0.2, 0.25) is 5.02 Å². The molecule has 1 fully saturated rings. The van der Waals surface area contributed by atoms with E-state index in [1.165, 1.54) is 0 Å². The molecule has 0 unspecified atom stereocenters. The highest BCUT2D eigenvalue weighted by Crippen LogP contribution is 2.31. The summed E-state index contributed by atoms with van der Waals surface area (Å²) in [6.45, 7) is 1.67. The van der Waals surface area contributed by atoms with Crippen LogP contribution in [0.4, 0.5) is 4.79 Å². The molecule has 3 aromatic carbocycles. The molecule has 1 heterocycles. The van der Waals surface area contributed by atoms with Gasteiger partial charge in [0.05, 0.1) is 0 Å². The van der Waals surface area contributed by atoms with Crippen LogP contribution in [-0.4, -0.2) is 41.6 Å². The number of carbonyl (C=O) groups excluding carboxylic acids is 1. The first-order valence-corrected chi connectivity index (χ1v) is 11.1. The van der Waals surface area contributed by atoms with Gasteiger partial charge >= 0.3 is 6.09 Å². The predicted octanol–water partition coefficient (Wildman–Crippen LogP) is 5.79. The fourth-order valence-electron chi connectivity index (χ4n) is 4.11. The van der Waals surface area contributed by atoms with Crippen molar-refractivity contribution in [2.45, 2.75) is 12.8 Å². The third-order valence-electron chi connectivity index (χ3n) is 5.96. The molecule has 1 aliphatic rings. The summed E-state index contributed by atoms with van der Waals surface area (Å²) >= 11 is 6.48. The van der Waals surface area contributed by atoms with Crippen molar-refractivity contribution in [1.29, 1.82) is 0 Å². The van der Waals surface area contributed by atoms with Gasteiger partial charge in [0, 0.05) is 35.8 Å². The Morgan fingerprint density at radius 3 is 2.19 bits per heavy atom. The number of rotatable bonds is 5. The Labute approximate surface area is 192 Å². The number of hydrogen-bond acceptors (Lipinski definition) is 2. The number of halogens is 1. The topological polar surface area (TPSA) is 69.6 Å². The van der Waals surface area contributed by atoms with E-state index in [1.54, 1.807) is 12.1 Å². The molecule has 2 amide bonds. The Morgan fingerprint density at radius 1 is 0.906 bits per heavy atom. The fraction of sp³-hybridized carbons (Fsp3) is 0.231. The van der Waals surface area contributed by atoms with Gasteiger partial charge in [0.1, 0.15) is 0 Å². The molecule has 3 aromatic rings. The second-order valence-corrected chi connectivity index (χ2v) is 8.47. The predicted molar refractivity (Wildman–Crippen MR) is 127 cm³/mol. The highest BCUT2D eigenvalue weighted by Gasteiger charge is 2.24. The van der Waals surface area contributed by atoms with Crippen LogP contribution < -0.4 is 5.32 Å². The van der Waals surface area contributed by atoms with Crippen molar-refractivity contribution in [3.05, 3.63) is 83.4 Å². The zero-order valence-electron chi connectivity index (χ0n) is 17.6. The van der Waals surface area contributed by atoms with Crippen LogP contribution in [0.25, 0.3) is 22.3 Å². The molecule has 5 nitrogen and oxygen atoms in total. The first kappa shape index (κ1) is 21.9. The summed E-state index contributed by atoms with van der Waals surface area (Å²) in [5.74, 6) is 0.243. The number of benzene rings is 3. The molecule has 164 valence electrons. The van der Waals surface area contributed by atoms with Crippen molar-refractivity contribution in [2.24, 2.45) is 5.92 Å².